The van der Waals surface area contributed by atoms with E-state index in [0.717, 1.165) is 29.5 Å². The van der Waals surface area contributed by atoms with Gasteiger partial charge in [0.05, 0.1) is 10.3 Å². The zero-order valence-electron chi connectivity index (χ0n) is 18.6. The van der Waals surface area contributed by atoms with E-state index < -0.39 is 27.7 Å². The zero-order valence-corrected chi connectivity index (χ0v) is 19.4. The molecule has 1 N–H and O–H groups in total. The first-order chi connectivity index (χ1) is 15.1. The van der Waals surface area contributed by atoms with Gasteiger partial charge in [-0.05, 0) is 69.0 Å². The smallest absolute Gasteiger partial charge is 0.336 e. The summed E-state index contributed by atoms with van der Waals surface area (Å²) in [5.41, 5.74) is 2.26. The molecule has 0 saturated heterocycles. The quantitative estimate of drug-likeness (QED) is 0.311. The van der Waals surface area contributed by atoms with Crippen LogP contribution in [0.5, 0.6) is 5.75 Å². The Bertz CT molecular complexity index is 1290. The van der Waals surface area contributed by atoms with Crippen LogP contribution in [0.2, 0.25) is 0 Å². The lowest BCUT2D eigenvalue weighted by Crippen LogP contribution is -2.40. The molecule has 2 aromatic carbocycles. The lowest BCUT2D eigenvalue weighted by atomic mass is 10.0. The molecule has 0 amide bonds. The molecule has 7 nitrogen and oxygen atoms in total. The molecule has 0 saturated carbocycles. The minimum atomic E-state index is -3.90. The van der Waals surface area contributed by atoms with Gasteiger partial charge in [-0.3, -0.25) is 0 Å². The van der Waals surface area contributed by atoms with Crippen LogP contribution in [-0.4, -0.2) is 20.4 Å². The first-order valence-corrected chi connectivity index (χ1v) is 12.0. The molecule has 0 radical (unpaired) electrons. The number of nitrogens with one attached hydrogen (secondary N) is 1. The second-order valence-corrected chi connectivity index (χ2v) is 9.62. The molecule has 0 spiro atoms. The summed E-state index contributed by atoms with van der Waals surface area (Å²) in [6.07, 6.45) is 2.41. The van der Waals surface area contributed by atoms with Crippen molar-refractivity contribution in [3.8, 4) is 5.75 Å². The van der Waals surface area contributed by atoms with Gasteiger partial charge in [0.15, 0.2) is 0 Å². The summed E-state index contributed by atoms with van der Waals surface area (Å²) in [4.78, 5) is 24.8. The van der Waals surface area contributed by atoms with Crippen LogP contribution in [0.1, 0.15) is 43.4 Å². The van der Waals surface area contributed by atoms with Gasteiger partial charge in [-0.1, -0.05) is 31.0 Å². The molecule has 32 heavy (non-hydrogen) atoms. The largest absolute Gasteiger partial charge is 0.425 e. The molecular weight excluding hydrogens is 430 g/mol. The van der Waals surface area contributed by atoms with E-state index in [4.69, 9.17) is 9.15 Å². The number of carbonyl (C=O) groups excluding carboxylic acids is 1. The van der Waals surface area contributed by atoms with E-state index in [-0.39, 0.29) is 10.6 Å². The number of fused-ring (bicyclic) bond motifs is 1. The summed E-state index contributed by atoms with van der Waals surface area (Å²) >= 11 is 0. The van der Waals surface area contributed by atoms with Crippen molar-refractivity contribution < 1.29 is 22.4 Å². The fraction of sp³-hybridized carbons (Fsp3) is 0.333. The van der Waals surface area contributed by atoms with Gasteiger partial charge in [-0.2, -0.15) is 4.72 Å². The van der Waals surface area contributed by atoms with Gasteiger partial charge < -0.3 is 9.15 Å². The van der Waals surface area contributed by atoms with Crippen molar-refractivity contribution in [3.63, 3.8) is 0 Å². The third-order valence-corrected chi connectivity index (χ3v) is 6.62. The number of carbonyl (C=O) groups is 1. The number of hydrogen-bond acceptors (Lipinski definition) is 6. The van der Waals surface area contributed by atoms with Crippen molar-refractivity contribution in [3.05, 3.63) is 69.6 Å². The van der Waals surface area contributed by atoms with Gasteiger partial charge in [0, 0.05) is 6.07 Å². The van der Waals surface area contributed by atoms with Crippen molar-refractivity contribution >= 4 is 27.0 Å². The Morgan fingerprint density at radius 1 is 1.09 bits per heavy atom. The Kier molecular flexibility index (Phi) is 7.16. The van der Waals surface area contributed by atoms with Crippen LogP contribution in [0.4, 0.5) is 0 Å². The number of ether oxygens (including phenoxy) is 1. The predicted molar refractivity (Wildman–Crippen MR) is 122 cm³/mol. The predicted octanol–water partition coefficient (Wildman–Crippen LogP) is 4.02. The lowest BCUT2D eigenvalue weighted by molar-refractivity contribution is -0.135. The van der Waals surface area contributed by atoms with E-state index in [1.807, 2.05) is 13.8 Å². The molecule has 0 unspecified atom stereocenters. The molecule has 0 aliphatic heterocycles. The molecule has 8 heteroatoms. The fourth-order valence-electron chi connectivity index (χ4n) is 3.38. The summed E-state index contributed by atoms with van der Waals surface area (Å²) in [5, 5.41) is 0.547. The van der Waals surface area contributed by atoms with Crippen LogP contribution in [0.15, 0.2) is 56.6 Å². The molecular formula is C24H27NO6S. The van der Waals surface area contributed by atoms with Crippen molar-refractivity contribution in [1.29, 1.82) is 0 Å². The van der Waals surface area contributed by atoms with Crippen LogP contribution in [0.25, 0.3) is 11.0 Å². The van der Waals surface area contributed by atoms with Gasteiger partial charge in [-0.25, -0.2) is 18.0 Å². The summed E-state index contributed by atoms with van der Waals surface area (Å²) in [6.45, 7) is 7.11. The van der Waals surface area contributed by atoms with E-state index in [0.29, 0.717) is 17.4 Å². The SMILES string of the molecule is CCCCc1cc(=O)oc2cc(C)cc(OC(=O)[C@H](C)NS(=O)(=O)c3ccc(C)cc3)c12. The maximum atomic E-state index is 12.8. The summed E-state index contributed by atoms with van der Waals surface area (Å²) in [5.74, 6) is -0.526. The highest BCUT2D eigenvalue weighted by Crippen LogP contribution is 2.31. The van der Waals surface area contributed by atoms with Crippen molar-refractivity contribution in [1.82, 2.24) is 4.72 Å². The zero-order chi connectivity index (χ0) is 23.5. The minimum absolute atomic E-state index is 0.0624. The number of esters is 1. The van der Waals surface area contributed by atoms with Crippen molar-refractivity contribution in [2.75, 3.05) is 0 Å². The van der Waals surface area contributed by atoms with Gasteiger partial charge in [-0.15, -0.1) is 0 Å². The Morgan fingerprint density at radius 2 is 1.78 bits per heavy atom. The molecule has 3 rings (SSSR count). The topological polar surface area (TPSA) is 103 Å². The molecule has 0 fully saturated rings. The van der Waals surface area contributed by atoms with Crippen molar-refractivity contribution in [2.45, 2.75) is 57.9 Å². The van der Waals surface area contributed by atoms with E-state index in [1.54, 1.807) is 31.2 Å². The number of benzene rings is 2. The first-order valence-electron chi connectivity index (χ1n) is 10.5. The number of unbranched alkanes of at least 4 members (excludes halogenated alkanes) is 1. The van der Waals surface area contributed by atoms with Crippen molar-refractivity contribution in [2.24, 2.45) is 0 Å². The minimum Gasteiger partial charge on any atom is -0.425 e. The molecule has 0 bridgehead atoms. The monoisotopic (exact) mass is 457 g/mol. The first kappa shape index (κ1) is 23.7. The second kappa shape index (κ2) is 9.67. The maximum absolute atomic E-state index is 12.8. The van der Waals surface area contributed by atoms with Crippen LogP contribution >= 0.6 is 0 Å². The third kappa shape index (κ3) is 5.44. The highest BCUT2D eigenvalue weighted by atomic mass is 32.2. The number of aryl methyl sites for hydroxylation is 3. The van der Waals surface area contributed by atoms with Crippen LogP contribution in [0.3, 0.4) is 0 Å². The molecule has 1 atom stereocenters. The summed E-state index contributed by atoms with van der Waals surface area (Å²) in [7, 11) is -3.90. The van der Waals surface area contributed by atoms with Gasteiger partial charge in [0.1, 0.15) is 17.4 Å². The highest BCUT2D eigenvalue weighted by Gasteiger charge is 2.25. The van der Waals surface area contributed by atoms with E-state index in [9.17, 15) is 18.0 Å². The Balaban J connectivity index is 1.90. The number of rotatable bonds is 8. The molecule has 0 aliphatic rings. The van der Waals surface area contributed by atoms with Gasteiger partial charge in [0.2, 0.25) is 10.0 Å². The van der Waals surface area contributed by atoms with E-state index in [2.05, 4.69) is 4.72 Å². The third-order valence-electron chi connectivity index (χ3n) is 5.06. The standard InChI is InChI=1S/C24H27NO6S/c1-5-6-7-18-14-22(26)30-20-12-16(3)13-21(23(18)20)31-24(27)17(4)25-32(28,29)19-10-8-15(2)9-11-19/h8-14,17,25H,5-7H2,1-4H3/t17-/m0/s1. The average Bonchev–Trinajstić information content (AvgIpc) is 2.71. The molecule has 170 valence electrons. The molecule has 3 aromatic rings. The van der Waals surface area contributed by atoms with Crippen LogP contribution < -0.4 is 15.1 Å². The summed E-state index contributed by atoms with van der Waals surface area (Å²) in [6, 6.07) is 9.99. The van der Waals surface area contributed by atoms with E-state index >= 15 is 0 Å². The van der Waals surface area contributed by atoms with Gasteiger partial charge >= 0.3 is 11.6 Å². The molecule has 1 heterocycles. The maximum Gasteiger partial charge on any atom is 0.336 e. The average molecular weight is 458 g/mol. The molecule has 0 aliphatic carbocycles. The number of hydrogen-bond donors (Lipinski definition) is 1. The Labute approximate surface area is 187 Å². The van der Waals surface area contributed by atoms with Gasteiger partial charge in [0.25, 0.3) is 0 Å². The second-order valence-electron chi connectivity index (χ2n) is 7.91. The Morgan fingerprint density at radius 3 is 2.44 bits per heavy atom. The highest BCUT2D eigenvalue weighted by molar-refractivity contribution is 7.89. The molecule has 1 aromatic heterocycles. The normalized spacial score (nSPS) is 12.6. The fourth-order valence-corrected chi connectivity index (χ4v) is 4.57. The van der Waals surface area contributed by atoms with Crippen LogP contribution in [-0.2, 0) is 21.2 Å². The number of sulfonamides is 1. The van der Waals surface area contributed by atoms with Crippen LogP contribution in [0, 0.1) is 13.8 Å². The lowest BCUT2D eigenvalue weighted by Gasteiger charge is -2.16. The summed E-state index contributed by atoms with van der Waals surface area (Å²) < 4.78 is 38.5. The Hall–Kier alpha value is -2.97. The van der Waals surface area contributed by atoms with E-state index in [1.165, 1.54) is 25.1 Å².